The summed E-state index contributed by atoms with van der Waals surface area (Å²) in [5, 5.41) is 12.5. The van der Waals surface area contributed by atoms with Crippen LogP contribution in [0.25, 0.3) is 0 Å². The zero-order chi connectivity index (χ0) is 22.8. The standard InChI is InChI=1S/C22H30ClN5O4/c1-3-13-6-4-5-9-28(13)22-26-19-18(21(31)27-22)14(11-17(29)25-19)20(30)24-15-10-12(23)7-8-16(15)32-2/h7-8,10,13-14,18-19,22,26H,3-6,9,11H2,1-2H3,(H,24,30)(H,25,29)(H,27,31). The van der Waals surface area contributed by atoms with Gasteiger partial charge < -0.3 is 20.7 Å². The number of nitrogens with one attached hydrogen (secondary N) is 4. The quantitative estimate of drug-likeness (QED) is 0.528. The molecule has 5 atom stereocenters. The highest BCUT2D eigenvalue weighted by atomic mass is 35.5. The second kappa shape index (κ2) is 9.64. The Morgan fingerprint density at radius 3 is 2.84 bits per heavy atom. The number of hydrogen-bond donors (Lipinski definition) is 4. The largest absolute Gasteiger partial charge is 0.495 e. The van der Waals surface area contributed by atoms with Crippen LogP contribution in [-0.2, 0) is 14.4 Å². The second-order valence-corrected chi connectivity index (χ2v) is 9.03. The summed E-state index contributed by atoms with van der Waals surface area (Å²) in [6.45, 7) is 3.02. The fourth-order valence-electron chi connectivity index (χ4n) is 5.04. The minimum atomic E-state index is -0.825. The third-order valence-corrected chi connectivity index (χ3v) is 6.90. The van der Waals surface area contributed by atoms with Crippen molar-refractivity contribution in [1.82, 2.24) is 20.9 Å². The first-order valence-corrected chi connectivity index (χ1v) is 11.5. The number of benzene rings is 1. The highest BCUT2D eigenvalue weighted by Crippen LogP contribution is 2.32. The number of ether oxygens (including phenoxy) is 1. The van der Waals surface area contributed by atoms with Crippen molar-refractivity contribution < 1.29 is 19.1 Å². The number of halogens is 1. The number of hydrogen-bond acceptors (Lipinski definition) is 6. The number of carbonyl (C=O) groups is 3. The Balaban J connectivity index is 1.52. The fourth-order valence-corrected chi connectivity index (χ4v) is 5.21. The van der Waals surface area contributed by atoms with Crippen LogP contribution < -0.4 is 26.0 Å². The lowest BCUT2D eigenvalue weighted by atomic mass is 9.81. The maximum absolute atomic E-state index is 13.2. The van der Waals surface area contributed by atoms with Gasteiger partial charge in [-0.25, -0.2) is 0 Å². The van der Waals surface area contributed by atoms with Crippen molar-refractivity contribution in [2.24, 2.45) is 11.8 Å². The van der Waals surface area contributed by atoms with Crippen LogP contribution in [0.5, 0.6) is 5.75 Å². The summed E-state index contributed by atoms with van der Waals surface area (Å²) in [5.74, 6) is -2.03. The lowest BCUT2D eigenvalue weighted by molar-refractivity contribution is -0.148. The van der Waals surface area contributed by atoms with Crippen LogP contribution in [0, 0.1) is 11.8 Å². The molecule has 3 heterocycles. The van der Waals surface area contributed by atoms with Crippen molar-refractivity contribution >= 4 is 35.0 Å². The van der Waals surface area contributed by atoms with Crippen LogP contribution in [-0.4, -0.2) is 54.8 Å². The van der Waals surface area contributed by atoms with Crippen molar-refractivity contribution in [3.8, 4) is 5.75 Å². The van der Waals surface area contributed by atoms with E-state index in [1.165, 1.54) is 13.5 Å². The molecule has 3 aliphatic rings. The van der Waals surface area contributed by atoms with Gasteiger partial charge in [0.25, 0.3) is 0 Å². The van der Waals surface area contributed by atoms with Crippen molar-refractivity contribution in [2.45, 2.75) is 57.5 Å². The minimum absolute atomic E-state index is 0.0725. The van der Waals surface area contributed by atoms with Crippen molar-refractivity contribution in [3.63, 3.8) is 0 Å². The van der Waals surface area contributed by atoms with Gasteiger partial charge in [0.15, 0.2) is 0 Å². The molecule has 1 aromatic rings. The van der Waals surface area contributed by atoms with Gasteiger partial charge in [-0.3, -0.25) is 24.6 Å². The van der Waals surface area contributed by atoms with E-state index in [1.807, 2.05) is 0 Å². The van der Waals surface area contributed by atoms with Crippen LogP contribution in [0.15, 0.2) is 18.2 Å². The summed E-state index contributed by atoms with van der Waals surface area (Å²) in [6.07, 6.45) is 3.25. The van der Waals surface area contributed by atoms with Crippen LogP contribution in [0.3, 0.4) is 0 Å². The molecule has 0 bridgehead atoms. The number of rotatable bonds is 5. The zero-order valence-corrected chi connectivity index (χ0v) is 19.1. The summed E-state index contributed by atoms with van der Waals surface area (Å²) >= 11 is 6.06. The van der Waals surface area contributed by atoms with E-state index in [4.69, 9.17) is 16.3 Å². The molecule has 174 valence electrons. The van der Waals surface area contributed by atoms with E-state index in [1.54, 1.807) is 18.2 Å². The highest BCUT2D eigenvalue weighted by molar-refractivity contribution is 6.31. The molecule has 0 spiro atoms. The molecule has 3 amide bonds. The van der Waals surface area contributed by atoms with E-state index in [9.17, 15) is 14.4 Å². The zero-order valence-electron chi connectivity index (χ0n) is 18.3. The summed E-state index contributed by atoms with van der Waals surface area (Å²) in [5.41, 5.74) is 0.397. The molecule has 0 aromatic heterocycles. The van der Waals surface area contributed by atoms with E-state index in [2.05, 4.69) is 33.1 Å². The first-order chi connectivity index (χ1) is 15.4. The fraction of sp³-hybridized carbons (Fsp3) is 0.591. The number of anilines is 1. The van der Waals surface area contributed by atoms with Crippen molar-refractivity contribution in [3.05, 3.63) is 23.2 Å². The highest BCUT2D eigenvalue weighted by Gasteiger charge is 2.49. The van der Waals surface area contributed by atoms with Gasteiger partial charge >= 0.3 is 0 Å². The summed E-state index contributed by atoms with van der Waals surface area (Å²) in [7, 11) is 1.49. The second-order valence-electron chi connectivity index (χ2n) is 8.59. The smallest absolute Gasteiger partial charge is 0.229 e. The Labute approximate surface area is 192 Å². The average Bonchev–Trinajstić information content (AvgIpc) is 2.78. The van der Waals surface area contributed by atoms with Gasteiger partial charge in [0, 0.05) is 24.0 Å². The summed E-state index contributed by atoms with van der Waals surface area (Å²) in [4.78, 5) is 41.0. The SMILES string of the molecule is CCC1CCCCN1C1NC(=O)C2C(NC(=O)CC2C(=O)Nc2cc(Cl)ccc2OC)N1. The summed E-state index contributed by atoms with van der Waals surface area (Å²) < 4.78 is 5.29. The molecule has 5 unspecified atom stereocenters. The van der Waals surface area contributed by atoms with Crippen LogP contribution in [0.1, 0.15) is 39.0 Å². The van der Waals surface area contributed by atoms with E-state index in [0.29, 0.717) is 22.5 Å². The Morgan fingerprint density at radius 1 is 1.28 bits per heavy atom. The number of fused-ring (bicyclic) bond motifs is 1. The van der Waals surface area contributed by atoms with Crippen molar-refractivity contribution in [1.29, 1.82) is 0 Å². The van der Waals surface area contributed by atoms with Gasteiger partial charge in [0.05, 0.1) is 30.8 Å². The molecule has 0 saturated carbocycles. The maximum Gasteiger partial charge on any atom is 0.229 e. The molecule has 1 aromatic carbocycles. The molecule has 3 saturated heterocycles. The van der Waals surface area contributed by atoms with E-state index in [-0.39, 0.29) is 24.5 Å². The lowest BCUT2D eigenvalue weighted by Gasteiger charge is -2.49. The Hall–Kier alpha value is -2.36. The number of amides is 3. The predicted molar refractivity (Wildman–Crippen MR) is 120 cm³/mol. The molecule has 4 N–H and O–H groups in total. The normalized spacial score (nSPS) is 30.7. The monoisotopic (exact) mass is 463 g/mol. The number of nitrogens with zero attached hydrogens (tertiary/aromatic N) is 1. The lowest BCUT2D eigenvalue weighted by Crippen LogP contribution is -2.75. The third-order valence-electron chi connectivity index (χ3n) is 6.67. The maximum atomic E-state index is 13.2. The Kier molecular flexibility index (Phi) is 6.88. The third kappa shape index (κ3) is 4.55. The van der Waals surface area contributed by atoms with Gasteiger partial charge in [0.1, 0.15) is 12.0 Å². The number of piperidine rings is 2. The number of methoxy groups -OCH3 is 1. The minimum Gasteiger partial charge on any atom is -0.495 e. The molecule has 9 nitrogen and oxygen atoms in total. The molecule has 0 radical (unpaired) electrons. The first-order valence-electron chi connectivity index (χ1n) is 11.2. The molecule has 32 heavy (non-hydrogen) atoms. The first kappa shape index (κ1) is 22.8. The molecule has 0 aliphatic carbocycles. The van der Waals surface area contributed by atoms with Gasteiger partial charge in [0.2, 0.25) is 17.7 Å². The van der Waals surface area contributed by atoms with E-state index >= 15 is 0 Å². The van der Waals surface area contributed by atoms with Gasteiger partial charge in [-0.1, -0.05) is 24.9 Å². The number of carbonyl (C=O) groups excluding carboxylic acids is 3. The topological polar surface area (TPSA) is 112 Å². The van der Waals surface area contributed by atoms with Crippen LogP contribution >= 0.6 is 11.6 Å². The molecule has 4 rings (SSSR count). The molecule has 10 heteroatoms. The average molecular weight is 464 g/mol. The molecular formula is C22H30ClN5O4. The number of likely N-dealkylation sites (tertiary alicyclic amines) is 1. The van der Waals surface area contributed by atoms with Gasteiger partial charge in [-0.15, -0.1) is 0 Å². The molecular weight excluding hydrogens is 434 g/mol. The van der Waals surface area contributed by atoms with Gasteiger partial charge in [-0.05, 0) is 37.5 Å². The van der Waals surface area contributed by atoms with E-state index < -0.39 is 23.9 Å². The molecule has 3 fully saturated rings. The Bertz CT molecular complexity index is 897. The van der Waals surface area contributed by atoms with Crippen molar-refractivity contribution in [2.75, 3.05) is 19.0 Å². The Morgan fingerprint density at radius 2 is 2.09 bits per heavy atom. The van der Waals surface area contributed by atoms with Crippen LogP contribution in [0.4, 0.5) is 5.69 Å². The van der Waals surface area contributed by atoms with Gasteiger partial charge in [-0.2, -0.15) is 0 Å². The molecule has 3 aliphatic heterocycles. The van der Waals surface area contributed by atoms with E-state index in [0.717, 1.165) is 25.8 Å². The summed E-state index contributed by atoms with van der Waals surface area (Å²) in [6, 6.07) is 5.25. The predicted octanol–water partition coefficient (Wildman–Crippen LogP) is 1.63. The van der Waals surface area contributed by atoms with Crippen LogP contribution in [0.2, 0.25) is 5.02 Å².